The Bertz CT molecular complexity index is 294. The fourth-order valence-electron chi connectivity index (χ4n) is 2.31. The van der Waals surface area contributed by atoms with E-state index in [2.05, 4.69) is 11.9 Å². The summed E-state index contributed by atoms with van der Waals surface area (Å²) in [6.45, 7) is 2.29. The summed E-state index contributed by atoms with van der Waals surface area (Å²) in [4.78, 5) is 2.32. The molecule has 1 aromatic rings. The highest BCUT2D eigenvalue weighted by molar-refractivity contribution is 5.05. The van der Waals surface area contributed by atoms with Crippen LogP contribution in [0.3, 0.4) is 0 Å². The Morgan fingerprint density at radius 1 is 1.50 bits per heavy atom. The van der Waals surface area contributed by atoms with Crippen LogP contribution in [-0.4, -0.2) is 37.7 Å². The standard InChI is InChI=1S/C12H20N2O2/c1-14(10-4-7-15-8-5-10)11(9-13)12-3-2-6-16-12/h2-3,6,10-11H,4-5,7-9,13H2,1H3. The molecule has 0 aliphatic carbocycles. The number of furan rings is 1. The van der Waals surface area contributed by atoms with Gasteiger partial charge in [-0.25, -0.2) is 0 Å². The molecular weight excluding hydrogens is 204 g/mol. The van der Waals surface area contributed by atoms with Crippen LogP contribution >= 0.6 is 0 Å². The second-order valence-electron chi connectivity index (χ2n) is 4.28. The summed E-state index contributed by atoms with van der Waals surface area (Å²) >= 11 is 0. The van der Waals surface area contributed by atoms with Crippen molar-refractivity contribution in [2.24, 2.45) is 5.73 Å². The maximum Gasteiger partial charge on any atom is 0.122 e. The Balaban J connectivity index is 2.02. The first kappa shape index (κ1) is 11.6. The van der Waals surface area contributed by atoms with E-state index in [9.17, 15) is 0 Å². The van der Waals surface area contributed by atoms with Crippen molar-refractivity contribution in [2.75, 3.05) is 26.8 Å². The summed E-state index contributed by atoms with van der Waals surface area (Å²) in [6, 6.07) is 4.63. The van der Waals surface area contributed by atoms with Gasteiger partial charge in [-0.15, -0.1) is 0 Å². The van der Waals surface area contributed by atoms with Crippen LogP contribution in [0.1, 0.15) is 24.6 Å². The molecule has 0 bridgehead atoms. The Labute approximate surface area is 96.4 Å². The third kappa shape index (κ3) is 2.45. The van der Waals surface area contributed by atoms with E-state index in [4.69, 9.17) is 14.9 Å². The second-order valence-corrected chi connectivity index (χ2v) is 4.28. The van der Waals surface area contributed by atoms with E-state index in [0.717, 1.165) is 31.8 Å². The molecule has 4 heteroatoms. The molecule has 0 amide bonds. The third-order valence-corrected chi connectivity index (χ3v) is 3.35. The highest BCUT2D eigenvalue weighted by Crippen LogP contribution is 2.24. The fourth-order valence-corrected chi connectivity index (χ4v) is 2.31. The zero-order valence-corrected chi connectivity index (χ0v) is 9.76. The van der Waals surface area contributed by atoms with Crippen molar-refractivity contribution in [1.82, 2.24) is 4.90 Å². The van der Waals surface area contributed by atoms with Crippen LogP contribution in [0.5, 0.6) is 0 Å². The van der Waals surface area contributed by atoms with E-state index in [-0.39, 0.29) is 6.04 Å². The zero-order valence-electron chi connectivity index (χ0n) is 9.76. The van der Waals surface area contributed by atoms with Crippen molar-refractivity contribution in [3.05, 3.63) is 24.2 Å². The van der Waals surface area contributed by atoms with E-state index in [1.165, 1.54) is 0 Å². The number of nitrogens with zero attached hydrogens (tertiary/aromatic N) is 1. The molecule has 1 fully saturated rings. The molecule has 2 rings (SSSR count). The summed E-state index contributed by atoms with van der Waals surface area (Å²) in [7, 11) is 2.12. The minimum absolute atomic E-state index is 0.179. The van der Waals surface area contributed by atoms with Crippen molar-refractivity contribution < 1.29 is 9.15 Å². The Morgan fingerprint density at radius 2 is 2.25 bits per heavy atom. The van der Waals surface area contributed by atoms with Crippen molar-refractivity contribution >= 4 is 0 Å². The van der Waals surface area contributed by atoms with Gasteiger partial charge in [0.15, 0.2) is 0 Å². The fraction of sp³-hybridized carbons (Fsp3) is 0.667. The molecule has 1 aliphatic rings. The van der Waals surface area contributed by atoms with Gasteiger partial charge in [0.05, 0.1) is 12.3 Å². The molecule has 0 saturated carbocycles. The summed E-state index contributed by atoms with van der Waals surface area (Å²) in [5.74, 6) is 0.955. The Morgan fingerprint density at radius 3 is 2.81 bits per heavy atom. The molecule has 2 heterocycles. The molecule has 0 spiro atoms. The minimum atomic E-state index is 0.179. The van der Waals surface area contributed by atoms with Gasteiger partial charge in [-0.3, -0.25) is 4.90 Å². The first-order chi connectivity index (χ1) is 7.83. The van der Waals surface area contributed by atoms with Gasteiger partial charge in [0.2, 0.25) is 0 Å². The predicted molar refractivity (Wildman–Crippen MR) is 62.1 cm³/mol. The molecule has 16 heavy (non-hydrogen) atoms. The number of likely N-dealkylation sites (N-methyl/N-ethyl adjacent to an activating group) is 1. The summed E-state index contributed by atoms with van der Waals surface area (Å²) in [6.07, 6.45) is 3.86. The number of hydrogen-bond acceptors (Lipinski definition) is 4. The molecular formula is C12H20N2O2. The summed E-state index contributed by atoms with van der Waals surface area (Å²) in [5.41, 5.74) is 5.84. The highest BCUT2D eigenvalue weighted by Gasteiger charge is 2.26. The topological polar surface area (TPSA) is 51.6 Å². The van der Waals surface area contributed by atoms with E-state index >= 15 is 0 Å². The SMILES string of the molecule is CN(C1CCOCC1)C(CN)c1ccco1. The maximum atomic E-state index is 5.84. The lowest BCUT2D eigenvalue weighted by Gasteiger charge is -2.35. The van der Waals surface area contributed by atoms with Crippen LogP contribution in [0.4, 0.5) is 0 Å². The van der Waals surface area contributed by atoms with Crippen LogP contribution in [0.2, 0.25) is 0 Å². The largest absolute Gasteiger partial charge is 0.468 e. The lowest BCUT2D eigenvalue weighted by atomic mass is 10.0. The lowest BCUT2D eigenvalue weighted by Crippen LogP contribution is -2.41. The van der Waals surface area contributed by atoms with Crippen molar-refractivity contribution in [1.29, 1.82) is 0 Å². The van der Waals surface area contributed by atoms with E-state index in [0.29, 0.717) is 12.6 Å². The quantitative estimate of drug-likeness (QED) is 0.839. The van der Waals surface area contributed by atoms with Crippen LogP contribution in [0, 0.1) is 0 Å². The van der Waals surface area contributed by atoms with Crippen LogP contribution in [0.25, 0.3) is 0 Å². The van der Waals surface area contributed by atoms with Gasteiger partial charge < -0.3 is 14.9 Å². The molecule has 1 aliphatic heterocycles. The van der Waals surface area contributed by atoms with Crippen molar-refractivity contribution in [3.8, 4) is 0 Å². The molecule has 1 saturated heterocycles. The molecule has 0 aromatic carbocycles. The Hall–Kier alpha value is -0.840. The van der Waals surface area contributed by atoms with Crippen LogP contribution in [0.15, 0.2) is 22.8 Å². The van der Waals surface area contributed by atoms with Gasteiger partial charge in [0.25, 0.3) is 0 Å². The van der Waals surface area contributed by atoms with Crippen LogP contribution < -0.4 is 5.73 Å². The molecule has 1 atom stereocenters. The number of nitrogens with two attached hydrogens (primary N) is 1. The summed E-state index contributed by atoms with van der Waals surface area (Å²) < 4.78 is 10.8. The first-order valence-corrected chi connectivity index (χ1v) is 5.86. The third-order valence-electron chi connectivity index (χ3n) is 3.35. The monoisotopic (exact) mass is 224 g/mol. The van der Waals surface area contributed by atoms with E-state index < -0.39 is 0 Å². The van der Waals surface area contributed by atoms with Gasteiger partial charge in [0.1, 0.15) is 5.76 Å². The van der Waals surface area contributed by atoms with E-state index in [1.807, 2.05) is 12.1 Å². The van der Waals surface area contributed by atoms with Gasteiger partial charge in [0, 0.05) is 25.8 Å². The van der Waals surface area contributed by atoms with Gasteiger partial charge >= 0.3 is 0 Å². The molecule has 90 valence electrons. The van der Waals surface area contributed by atoms with Crippen LogP contribution in [-0.2, 0) is 4.74 Å². The summed E-state index contributed by atoms with van der Waals surface area (Å²) in [5, 5.41) is 0. The first-order valence-electron chi connectivity index (χ1n) is 5.86. The number of hydrogen-bond donors (Lipinski definition) is 1. The number of ether oxygens (including phenoxy) is 1. The molecule has 0 radical (unpaired) electrons. The van der Waals surface area contributed by atoms with Gasteiger partial charge in [-0.1, -0.05) is 0 Å². The molecule has 2 N–H and O–H groups in total. The van der Waals surface area contributed by atoms with Crippen molar-refractivity contribution in [3.63, 3.8) is 0 Å². The van der Waals surface area contributed by atoms with E-state index in [1.54, 1.807) is 6.26 Å². The number of rotatable bonds is 4. The maximum absolute atomic E-state index is 5.84. The molecule has 4 nitrogen and oxygen atoms in total. The normalized spacial score (nSPS) is 20.2. The highest BCUT2D eigenvalue weighted by atomic mass is 16.5. The van der Waals surface area contributed by atoms with Crippen molar-refractivity contribution in [2.45, 2.75) is 24.9 Å². The van der Waals surface area contributed by atoms with Gasteiger partial charge in [-0.05, 0) is 32.0 Å². The lowest BCUT2D eigenvalue weighted by molar-refractivity contribution is 0.0260. The smallest absolute Gasteiger partial charge is 0.122 e. The molecule has 1 aromatic heterocycles. The second kappa shape index (κ2) is 5.48. The average Bonchev–Trinajstić information content (AvgIpc) is 2.85. The Kier molecular flexibility index (Phi) is 3.98. The zero-order chi connectivity index (χ0) is 11.4. The average molecular weight is 224 g/mol. The molecule has 1 unspecified atom stereocenters. The van der Waals surface area contributed by atoms with Gasteiger partial charge in [-0.2, -0.15) is 0 Å². The minimum Gasteiger partial charge on any atom is -0.468 e. The predicted octanol–water partition coefficient (Wildman–Crippen LogP) is 1.39.